The minimum atomic E-state index is -0.909. The Kier molecular flexibility index (Phi) is 5.98. The molecule has 0 saturated carbocycles. The Labute approximate surface area is 208 Å². The minimum absolute atomic E-state index is 0.0518. The van der Waals surface area contributed by atoms with Crippen molar-refractivity contribution in [1.82, 2.24) is 4.90 Å². The smallest absolute Gasteiger partial charge is 0.198 e. The largest absolute Gasteiger partial charge is 0.497 e. The molecule has 0 fully saturated rings. The van der Waals surface area contributed by atoms with E-state index in [2.05, 4.69) is 6.07 Å². The summed E-state index contributed by atoms with van der Waals surface area (Å²) in [6.07, 6.45) is -0.0518. The summed E-state index contributed by atoms with van der Waals surface area (Å²) in [5, 5.41) is 1.16. The first-order valence-corrected chi connectivity index (χ1v) is 11.6. The molecule has 2 N–H and O–H groups in total. The molecule has 8 heteroatoms. The van der Waals surface area contributed by atoms with Crippen LogP contribution in [-0.4, -0.2) is 50.1 Å². The molecular weight excluding hydrogens is 471 g/mol. The number of methoxy groups -OCH3 is 2. The van der Waals surface area contributed by atoms with Crippen molar-refractivity contribution in [2.75, 3.05) is 27.3 Å². The van der Waals surface area contributed by atoms with Crippen molar-refractivity contribution >= 4 is 35.0 Å². The normalized spacial score (nSPS) is 21.6. The van der Waals surface area contributed by atoms with E-state index >= 15 is 0 Å². The number of benzene rings is 3. The van der Waals surface area contributed by atoms with Gasteiger partial charge in [-0.2, -0.15) is 0 Å². The van der Waals surface area contributed by atoms with Gasteiger partial charge in [0.25, 0.3) is 0 Å². The average molecular weight is 495 g/mol. The summed E-state index contributed by atoms with van der Waals surface area (Å²) in [6.45, 7) is 1.12. The molecule has 2 aliphatic heterocycles. The van der Waals surface area contributed by atoms with Gasteiger partial charge in [-0.15, -0.1) is 0 Å². The van der Waals surface area contributed by atoms with E-state index in [0.29, 0.717) is 29.1 Å². The van der Waals surface area contributed by atoms with Crippen LogP contribution in [0.4, 0.5) is 0 Å². The molecule has 3 aromatic carbocycles. The molecule has 2 atom stereocenters. The van der Waals surface area contributed by atoms with Gasteiger partial charge in [0.1, 0.15) is 11.6 Å². The zero-order chi connectivity index (χ0) is 23.9. The highest BCUT2D eigenvalue weighted by atomic mass is 35.5. The molecular formula is C26H24Cl2N4O2. The van der Waals surface area contributed by atoms with E-state index in [9.17, 15) is 0 Å². The lowest BCUT2D eigenvalue weighted by atomic mass is 9.81. The Morgan fingerprint density at radius 1 is 0.941 bits per heavy atom. The third-order valence-corrected chi connectivity index (χ3v) is 6.72. The second-order valence-corrected chi connectivity index (χ2v) is 9.15. The maximum Gasteiger partial charge on any atom is 0.198 e. The first kappa shape index (κ1) is 22.7. The first-order chi connectivity index (χ1) is 16.4. The monoisotopic (exact) mass is 494 g/mol. The number of ether oxygens (including phenoxy) is 2. The molecule has 6 nitrogen and oxygen atoms in total. The van der Waals surface area contributed by atoms with Crippen LogP contribution in [0.1, 0.15) is 11.1 Å². The van der Waals surface area contributed by atoms with Crippen LogP contribution >= 0.6 is 23.2 Å². The standard InChI is InChI=1S/C26H24Cl2N4O2/c1-33-22-8-6-18(7-9-22)26(24-30-14-23(34-2)15-32(24)25(29)31-26)19-5-3-4-16(10-19)17-11-20(27)13-21(28)12-17/h3-13,23H,14-15H2,1-2H3,(H2,29,31). The highest BCUT2D eigenvalue weighted by Crippen LogP contribution is 2.43. The van der Waals surface area contributed by atoms with Crippen LogP contribution in [0.25, 0.3) is 11.1 Å². The summed E-state index contributed by atoms with van der Waals surface area (Å²) in [4.78, 5) is 11.9. The summed E-state index contributed by atoms with van der Waals surface area (Å²) in [7, 11) is 3.33. The Balaban J connectivity index is 1.71. The predicted octanol–water partition coefficient (Wildman–Crippen LogP) is 4.97. The molecule has 174 valence electrons. The molecule has 2 unspecified atom stereocenters. The fourth-order valence-corrected chi connectivity index (χ4v) is 5.12. The highest BCUT2D eigenvalue weighted by molar-refractivity contribution is 6.35. The van der Waals surface area contributed by atoms with Gasteiger partial charge in [0.15, 0.2) is 11.5 Å². The quantitative estimate of drug-likeness (QED) is 0.543. The van der Waals surface area contributed by atoms with E-state index in [1.165, 1.54) is 0 Å². The number of amidine groups is 1. The molecule has 0 saturated heterocycles. The minimum Gasteiger partial charge on any atom is -0.497 e. The van der Waals surface area contributed by atoms with Crippen LogP contribution in [0.3, 0.4) is 0 Å². The van der Waals surface area contributed by atoms with Crippen molar-refractivity contribution in [2.45, 2.75) is 11.6 Å². The SMILES string of the molecule is COc1ccc(C2(c3cccc(-c4cc(Cl)cc(Cl)c4)c3)N=C(N)N3CC(OC)CN=C32)cc1. The number of guanidine groups is 1. The van der Waals surface area contributed by atoms with Gasteiger partial charge in [-0.25, -0.2) is 4.99 Å². The maximum atomic E-state index is 6.48. The van der Waals surface area contributed by atoms with Gasteiger partial charge in [0.05, 0.1) is 26.3 Å². The number of aliphatic imine (C=N–C) groups is 2. The van der Waals surface area contributed by atoms with E-state index in [1.54, 1.807) is 20.3 Å². The van der Waals surface area contributed by atoms with E-state index in [0.717, 1.165) is 33.8 Å². The van der Waals surface area contributed by atoms with Crippen LogP contribution in [0, 0.1) is 0 Å². The third kappa shape index (κ3) is 3.82. The lowest BCUT2D eigenvalue weighted by molar-refractivity contribution is 0.0939. The first-order valence-electron chi connectivity index (χ1n) is 10.9. The Hall–Kier alpha value is -3.06. The Bertz CT molecular complexity index is 1270. The van der Waals surface area contributed by atoms with E-state index in [1.807, 2.05) is 59.5 Å². The molecule has 0 radical (unpaired) electrons. The summed E-state index contributed by atoms with van der Waals surface area (Å²) in [5.74, 6) is 1.95. The zero-order valence-electron chi connectivity index (χ0n) is 18.8. The second kappa shape index (κ2) is 8.95. The number of nitrogens with zero attached hydrogens (tertiary/aromatic N) is 3. The van der Waals surface area contributed by atoms with Gasteiger partial charge < -0.3 is 15.2 Å². The highest BCUT2D eigenvalue weighted by Gasteiger charge is 2.50. The topological polar surface area (TPSA) is 72.4 Å². The van der Waals surface area contributed by atoms with E-state index < -0.39 is 5.54 Å². The number of nitrogens with two attached hydrogens (primary N) is 1. The van der Waals surface area contributed by atoms with Crippen molar-refractivity contribution in [3.63, 3.8) is 0 Å². The molecule has 0 bridgehead atoms. The predicted molar refractivity (Wildman–Crippen MR) is 137 cm³/mol. The maximum absolute atomic E-state index is 6.48. The van der Waals surface area contributed by atoms with Crippen molar-refractivity contribution < 1.29 is 9.47 Å². The van der Waals surface area contributed by atoms with Crippen LogP contribution in [0.5, 0.6) is 5.75 Å². The van der Waals surface area contributed by atoms with Crippen molar-refractivity contribution in [2.24, 2.45) is 15.7 Å². The number of rotatable bonds is 5. The van der Waals surface area contributed by atoms with Gasteiger partial charge in [0, 0.05) is 17.2 Å². The fraction of sp³-hybridized carbons (Fsp3) is 0.231. The molecule has 3 aromatic rings. The molecule has 0 spiro atoms. The average Bonchev–Trinajstić information content (AvgIpc) is 3.16. The summed E-state index contributed by atoms with van der Waals surface area (Å²) < 4.78 is 10.9. The molecule has 0 aliphatic carbocycles. The number of hydrogen-bond donors (Lipinski definition) is 1. The lowest BCUT2D eigenvalue weighted by Crippen LogP contribution is -2.51. The van der Waals surface area contributed by atoms with Gasteiger partial charge in [-0.3, -0.25) is 9.89 Å². The van der Waals surface area contributed by atoms with Crippen LogP contribution in [-0.2, 0) is 10.3 Å². The van der Waals surface area contributed by atoms with Crippen LogP contribution < -0.4 is 10.5 Å². The second-order valence-electron chi connectivity index (χ2n) is 8.28. The van der Waals surface area contributed by atoms with Crippen molar-refractivity contribution in [1.29, 1.82) is 0 Å². The Morgan fingerprint density at radius 2 is 1.68 bits per heavy atom. The third-order valence-electron chi connectivity index (χ3n) is 6.29. The molecule has 2 heterocycles. The Morgan fingerprint density at radius 3 is 2.35 bits per heavy atom. The molecule has 2 aliphatic rings. The summed E-state index contributed by atoms with van der Waals surface area (Å²) >= 11 is 12.6. The van der Waals surface area contributed by atoms with Gasteiger partial charge >= 0.3 is 0 Å². The van der Waals surface area contributed by atoms with Crippen molar-refractivity contribution in [3.05, 3.63) is 87.9 Å². The van der Waals surface area contributed by atoms with Gasteiger partial charge in [-0.05, 0) is 58.7 Å². The van der Waals surface area contributed by atoms with Crippen LogP contribution in [0.15, 0.2) is 76.7 Å². The van der Waals surface area contributed by atoms with E-state index in [-0.39, 0.29) is 6.10 Å². The summed E-state index contributed by atoms with van der Waals surface area (Å²) in [6, 6.07) is 21.5. The molecule has 34 heavy (non-hydrogen) atoms. The summed E-state index contributed by atoms with van der Waals surface area (Å²) in [5.41, 5.74) is 9.33. The number of fused-ring (bicyclic) bond motifs is 1. The van der Waals surface area contributed by atoms with Crippen molar-refractivity contribution in [3.8, 4) is 16.9 Å². The number of hydrogen-bond acceptors (Lipinski definition) is 6. The number of halogens is 2. The molecule has 5 rings (SSSR count). The van der Waals surface area contributed by atoms with Gasteiger partial charge in [-0.1, -0.05) is 53.5 Å². The molecule has 0 aromatic heterocycles. The van der Waals surface area contributed by atoms with Gasteiger partial charge in [0.2, 0.25) is 0 Å². The zero-order valence-corrected chi connectivity index (χ0v) is 20.3. The lowest BCUT2D eigenvalue weighted by Gasteiger charge is -2.35. The van der Waals surface area contributed by atoms with Crippen LogP contribution in [0.2, 0.25) is 10.0 Å². The molecule has 0 amide bonds. The van der Waals surface area contributed by atoms with E-state index in [4.69, 9.17) is 48.4 Å². The fourth-order valence-electron chi connectivity index (χ4n) is 4.59.